The minimum atomic E-state index is -2.88. The number of hydrogen-bond acceptors (Lipinski definition) is 5. The van der Waals surface area contributed by atoms with Crippen molar-refractivity contribution >= 4 is 18.7 Å². The zero-order chi connectivity index (χ0) is 23.9. The second-order valence-corrected chi connectivity index (χ2v) is 13.2. The highest BCUT2D eigenvalue weighted by atomic mass is 28.4. The van der Waals surface area contributed by atoms with Crippen molar-refractivity contribution in [2.24, 2.45) is 0 Å². The van der Waals surface area contributed by atoms with Gasteiger partial charge in [0.05, 0.1) is 6.10 Å². The van der Waals surface area contributed by atoms with Gasteiger partial charge in [0, 0.05) is 6.61 Å². The lowest BCUT2D eigenvalue weighted by atomic mass is 10.1. The third kappa shape index (κ3) is 5.64. The summed E-state index contributed by atoms with van der Waals surface area (Å²) in [6, 6.07) is 20.6. The van der Waals surface area contributed by atoms with Crippen molar-refractivity contribution < 1.29 is 24.1 Å². The molecule has 0 saturated heterocycles. The molecule has 176 valence electrons. The van der Waals surface area contributed by atoms with Crippen molar-refractivity contribution in [3.63, 3.8) is 0 Å². The summed E-state index contributed by atoms with van der Waals surface area (Å²) in [7, 11) is -2.88. The van der Waals surface area contributed by atoms with Crippen LogP contribution in [0.3, 0.4) is 0 Å². The Morgan fingerprint density at radius 3 is 2.06 bits per heavy atom. The van der Waals surface area contributed by atoms with Crippen LogP contribution < -0.4 is 10.4 Å². The molecule has 5 nitrogen and oxygen atoms in total. The van der Waals surface area contributed by atoms with Gasteiger partial charge in [-0.15, -0.1) is 0 Å². The van der Waals surface area contributed by atoms with Gasteiger partial charge in [-0.2, -0.15) is 0 Å². The molecule has 1 aliphatic heterocycles. The molecule has 0 amide bonds. The van der Waals surface area contributed by atoms with E-state index in [4.69, 9.17) is 19.0 Å². The molecule has 0 saturated carbocycles. The molecule has 1 heterocycles. The Hall–Kier alpha value is -2.24. The molecule has 0 bridgehead atoms. The third-order valence-corrected chi connectivity index (χ3v) is 10.8. The molecule has 4 atom stereocenters. The highest BCUT2D eigenvalue weighted by Gasteiger charge is 2.53. The van der Waals surface area contributed by atoms with Crippen molar-refractivity contribution in [3.05, 3.63) is 72.8 Å². The van der Waals surface area contributed by atoms with Crippen LogP contribution >= 0.6 is 0 Å². The van der Waals surface area contributed by atoms with E-state index in [9.17, 15) is 5.11 Å². The standard InChI is InChI=1S/C27H34O5Si/c1-5-30-25-19-18-24(26(31-25)23(29)17-12-20-28)32-33(27(2,3)4,21-13-8-6-9-14-21)22-15-10-7-11-16-22/h6-11,13-16,18-19,23-26,28-29H,5,20H2,1-4H3/t23-,24-,25-,26+/m0/s1. The van der Waals surface area contributed by atoms with Gasteiger partial charge in [0.25, 0.3) is 8.32 Å². The molecule has 2 N–H and O–H groups in total. The van der Waals surface area contributed by atoms with E-state index >= 15 is 0 Å². The molecule has 0 radical (unpaired) electrons. The highest BCUT2D eigenvalue weighted by Crippen LogP contribution is 2.39. The fourth-order valence-electron chi connectivity index (χ4n) is 4.33. The van der Waals surface area contributed by atoms with Crippen LogP contribution in [0.15, 0.2) is 72.8 Å². The number of rotatable bonds is 7. The van der Waals surface area contributed by atoms with Crippen LogP contribution in [-0.4, -0.2) is 56.3 Å². The van der Waals surface area contributed by atoms with E-state index in [0.717, 1.165) is 10.4 Å². The summed E-state index contributed by atoms with van der Waals surface area (Å²) >= 11 is 0. The van der Waals surface area contributed by atoms with Gasteiger partial charge in [-0.1, -0.05) is 99.4 Å². The monoisotopic (exact) mass is 466 g/mol. The van der Waals surface area contributed by atoms with Gasteiger partial charge in [-0.05, 0) is 28.4 Å². The van der Waals surface area contributed by atoms with Crippen LogP contribution in [0.2, 0.25) is 5.04 Å². The summed E-state index contributed by atoms with van der Waals surface area (Å²) in [5, 5.41) is 22.0. The Kier molecular flexibility index (Phi) is 8.66. The number of aliphatic hydroxyl groups excluding tert-OH is 2. The van der Waals surface area contributed by atoms with E-state index in [2.05, 4.69) is 56.9 Å². The van der Waals surface area contributed by atoms with Crippen LogP contribution in [0, 0.1) is 11.8 Å². The van der Waals surface area contributed by atoms with E-state index in [1.54, 1.807) is 0 Å². The van der Waals surface area contributed by atoms with Gasteiger partial charge in [0.2, 0.25) is 0 Å². The summed E-state index contributed by atoms with van der Waals surface area (Å²) in [5.41, 5.74) is 0. The molecular formula is C27H34O5Si. The number of ether oxygens (including phenoxy) is 2. The molecule has 0 unspecified atom stereocenters. The molecule has 0 spiro atoms. The lowest BCUT2D eigenvalue weighted by molar-refractivity contribution is -0.184. The van der Waals surface area contributed by atoms with Crippen molar-refractivity contribution in [1.82, 2.24) is 0 Å². The fourth-order valence-corrected chi connectivity index (χ4v) is 8.97. The van der Waals surface area contributed by atoms with Gasteiger partial charge in [0.1, 0.15) is 18.8 Å². The van der Waals surface area contributed by atoms with Crippen molar-refractivity contribution in [2.45, 2.75) is 57.3 Å². The Bertz CT molecular complexity index is 919. The van der Waals surface area contributed by atoms with E-state index in [-0.39, 0.29) is 11.6 Å². The predicted octanol–water partition coefficient (Wildman–Crippen LogP) is 2.61. The molecule has 33 heavy (non-hydrogen) atoms. The van der Waals surface area contributed by atoms with Crippen molar-refractivity contribution in [2.75, 3.05) is 13.2 Å². The first kappa shape index (κ1) is 25.4. The second-order valence-electron chi connectivity index (χ2n) is 8.98. The summed E-state index contributed by atoms with van der Waals surface area (Å²) < 4.78 is 18.8. The average Bonchev–Trinajstić information content (AvgIpc) is 2.82. The SMILES string of the molecule is CCO[C@@H]1C=C[C@H](O[Si](c2ccccc2)(c2ccccc2)C(C)(C)C)[C@@H]([C@@H](O)C#CCO)O1. The normalized spacial score (nSPS) is 21.8. The molecule has 0 aliphatic carbocycles. The van der Waals surface area contributed by atoms with Gasteiger partial charge >= 0.3 is 0 Å². The van der Waals surface area contributed by atoms with E-state index in [1.807, 2.05) is 55.5 Å². The molecule has 1 aliphatic rings. The van der Waals surface area contributed by atoms with Gasteiger partial charge in [0.15, 0.2) is 6.29 Å². The molecule has 3 rings (SSSR count). The van der Waals surface area contributed by atoms with Crippen LogP contribution in [0.1, 0.15) is 27.7 Å². The molecule has 6 heteroatoms. The summed E-state index contributed by atoms with van der Waals surface area (Å²) in [4.78, 5) is 0. The maximum atomic E-state index is 10.8. The molecular weight excluding hydrogens is 432 g/mol. The number of hydrogen-bond donors (Lipinski definition) is 2. The summed E-state index contributed by atoms with van der Waals surface area (Å²) in [5.74, 6) is 5.21. The van der Waals surface area contributed by atoms with Crippen LogP contribution in [0.4, 0.5) is 0 Å². The number of benzene rings is 2. The van der Waals surface area contributed by atoms with E-state index in [0.29, 0.717) is 6.61 Å². The van der Waals surface area contributed by atoms with Crippen LogP contribution in [-0.2, 0) is 13.9 Å². The largest absolute Gasteiger partial charge is 0.398 e. The number of aliphatic hydroxyl groups is 2. The Morgan fingerprint density at radius 2 is 1.58 bits per heavy atom. The first-order valence-corrected chi connectivity index (χ1v) is 13.3. The lowest BCUT2D eigenvalue weighted by Crippen LogP contribution is -2.69. The van der Waals surface area contributed by atoms with Crippen molar-refractivity contribution in [1.29, 1.82) is 0 Å². The topological polar surface area (TPSA) is 68.2 Å². The van der Waals surface area contributed by atoms with E-state index < -0.39 is 32.9 Å². The minimum absolute atomic E-state index is 0.230. The second kappa shape index (κ2) is 11.3. The van der Waals surface area contributed by atoms with Crippen LogP contribution in [0.25, 0.3) is 0 Å². The minimum Gasteiger partial charge on any atom is -0.398 e. The molecule has 0 aromatic heterocycles. The first-order valence-electron chi connectivity index (χ1n) is 11.3. The van der Waals surface area contributed by atoms with Gasteiger partial charge < -0.3 is 24.1 Å². The molecule has 0 fully saturated rings. The zero-order valence-electron chi connectivity index (χ0n) is 19.8. The predicted molar refractivity (Wildman–Crippen MR) is 133 cm³/mol. The van der Waals surface area contributed by atoms with Gasteiger partial charge in [-0.3, -0.25) is 0 Å². The Morgan fingerprint density at radius 1 is 1.00 bits per heavy atom. The van der Waals surface area contributed by atoms with Gasteiger partial charge in [-0.25, -0.2) is 0 Å². The quantitative estimate of drug-likeness (QED) is 0.373. The molecule has 2 aromatic rings. The smallest absolute Gasteiger partial charge is 0.262 e. The highest BCUT2D eigenvalue weighted by molar-refractivity contribution is 6.99. The lowest BCUT2D eigenvalue weighted by Gasteiger charge is -2.47. The van der Waals surface area contributed by atoms with Crippen molar-refractivity contribution in [3.8, 4) is 11.8 Å². The maximum Gasteiger partial charge on any atom is 0.262 e. The zero-order valence-corrected chi connectivity index (χ0v) is 20.8. The maximum absolute atomic E-state index is 10.8. The fraction of sp³-hybridized carbons (Fsp3) is 0.407. The van der Waals surface area contributed by atoms with E-state index in [1.165, 1.54) is 0 Å². The van der Waals surface area contributed by atoms with Crippen LogP contribution in [0.5, 0.6) is 0 Å². The average molecular weight is 467 g/mol. The summed E-state index contributed by atoms with van der Waals surface area (Å²) in [6.45, 7) is 8.63. The third-order valence-electron chi connectivity index (χ3n) is 5.77. The Balaban J connectivity index is 2.13. The summed E-state index contributed by atoms with van der Waals surface area (Å²) in [6.07, 6.45) is 0.674. The molecule has 2 aromatic carbocycles. The Labute approximate surface area is 198 Å². The first-order chi connectivity index (χ1) is 15.8.